The number of halogens is 1. The molecule has 0 spiro atoms. The molecule has 0 saturated heterocycles. The van der Waals surface area contributed by atoms with Crippen molar-refractivity contribution in [2.24, 2.45) is 0 Å². The van der Waals surface area contributed by atoms with Gasteiger partial charge in [-0.15, -0.1) is 0 Å². The van der Waals surface area contributed by atoms with Crippen molar-refractivity contribution in [1.82, 2.24) is 0 Å². The van der Waals surface area contributed by atoms with Gasteiger partial charge < -0.3 is 19.2 Å². The van der Waals surface area contributed by atoms with E-state index in [0.717, 1.165) is 0 Å². The number of rotatable bonds is 9. The van der Waals surface area contributed by atoms with Crippen molar-refractivity contribution in [3.8, 4) is 11.5 Å². The van der Waals surface area contributed by atoms with E-state index in [9.17, 15) is 23.3 Å². The number of nitrogens with one attached hydrogen (secondary N) is 1. The van der Waals surface area contributed by atoms with Crippen LogP contribution >= 0.6 is 11.6 Å². The molecule has 1 heterocycles. The molecule has 0 aliphatic rings. The Bertz CT molecular complexity index is 1550. The molecule has 0 unspecified atom stereocenters. The van der Waals surface area contributed by atoms with Gasteiger partial charge in [-0.05, 0) is 60.7 Å². The quantitative estimate of drug-likeness (QED) is 0.216. The van der Waals surface area contributed by atoms with Crippen LogP contribution in [0.1, 0.15) is 16.3 Å². The number of sulfone groups is 1. The Morgan fingerprint density at radius 3 is 2.32 bits per heavy atom. The largest absolute Gasteiger partial charge is 0.497 e. The van der Waals surface area contributed by atoms with E-state index in [2.05, 4.69) is 5.32 Å². The number of non-ortho nitro benzene ring substituents is 1. The summed E-state index contributed by atoms with van der Waals surface area (Å²) in [4.78, 5) is 22.9. The smallest absolute Gasteiger partial charge is 0.291 e. The van der Waals surface area contributed by atoms with Crippen LogP contribution in [0.4, 0.5) is 11.4 Å². The van der Waals surface area contributed by atoms with Crippen molar-refractivity contribution in [1.29, 1.82) is 0 Å². The van der Waals surface area contributed by atoms with Gasteiger partial charge in [0.15, 0.2) is 5.76 Å². The molecule has 12 heteroatoms. The number of hydrogen-bond donors (Lipinski definition) is 1. The summed E-state index contributed by atoms with van der Waals surface area (Å²) in [5, 5.41) is 13.7. The average Bonchev–Trinajstić information content (AvgIpc) is 3.37. The number of amides is 1. The molecule has 0 bridgehead atoms. The van der Waals surface area contributed by atoms with E-state index in [-0.39, 0.29) is 39.3 Å². The normalized spacial score (nSPS) is 11.1. The van der Waals surface area contributed by atoms with Crippen LogP contribution in [0, 0.1) is 10.1 Å². The minimum Gasteiger partial charge on any atom is -0.497 e. The lowest BCUT2D eigenvalue weighted by Gasteiger charge is -2.11. The summed E-state index contributed by atoms with van der Waals surface area (Å²) in [7, 11) is -2.54. The van der Waals surface area contributed by atoms with E-state index in [4.69, 9.17) is 25.5 Å². The lowest BCUT2D eigenvalue weighted by molar-refractivity contribution is -0.384. The third kappa shape index (κ3) is 6.08. The molecule has 1 aromatic heterocycles. The number of hydrogen-bond acceptors (Lipinski definition) is 8. The van der Waals surface area contributed by atoms with Gasteiger partial charge in [0.1, 0.15) is 23.9 Å². The van der Waals surface area contributed by atoms with Crippen molar-refractivity contribution in [2.75, 3.05) is 12.4 Å². The van der Waals surface area contributed by atoms with Crippen molar-refractivity contribution in [3.63, 3.8) is 0 Å². The monoisotopic (exact) mass is 542 g/mol. The summed E-state index contributed by atoms with van der Waals surface area (Å²) in [6, 6.07) is 18.4. The predicted octanol–water partition coefficient (Wildman–Crippen LogP) is 5.51. The predicted molar refractivity (Wildman–Crippen MR) is 134 cm³/mol. The van der Waals surface area contributed by atoms with E-state index in [1.807, 2.05) is 0 Å². The molecule has 1 N–H and O–H groups in total. The highest BCUT2D eigenvalue weighted by Crippen LogP contribution is 2.29. The molecule has 3 aromatic carbocycles. The van der Waals surface area contributed by atoms with Crippen molar-refractivity contribution in [3.05, 3.63) is 106 Å². The Morgan fingerprint density at radius 2 is 1.68 bits per heavy atom. The average molecular weight is 543 g/mol. The Morgan fingerprint density at radius 1 is 0.973 bits per heavy atom. The summed E-state index contributed by atoms with van der Waals surface area (Å²) in [5.74, 6) is 0.290. The molecule has 0 saturated carbocycles. The zero-order valence-corrected chi connectivity index (χ0v) is 20.8. The number of methoxy groups -OCH3 is 1. The van der Waals surface area contributed by atoms with Crippen LogP contribution in [0.2, 0.25) is 5.02 Å². The van der Waals surface area contributed by atoms with Crippen molar-refractivity contribution in [2.45, 2.75) is 16.4 Å². The Labute approximate surface area is 216 Å². The third-order valence-corrected chi connectivity index (χ3v) is 7.12. The molecule has 0 aliphatic carbocycles. The van der Waals surface area contributed by atoms with E-state index in [1.165, 1.54) is 79.9 Å². The second-order valence-electron chi connectivity index (χ2n) is 7.61. The molecule has 4 aromatic rings. The topological polar surface area (TPSA) is 138 Å². The second kappa shape index (κ2) is 10.7. The van der Waals surface area contributed by atoms with Gasteiger partial charge >= 0.3 is 0 Å². The molecule has 0 radical (unpaired) electrons. The molecule has 37 heavy (non-hydrogen) atoms. The highest BCUT2D eigenvalue weighted by molar-refractivity contribution is 7.91. The van der Waals surface area contributed by atoms with Crippen LogP contribution in [0.25, 0.3) is 0 Å². The fourth-order valence-corrected chi connectivity index (χ4v) is 4.70. The fourth-order valence-electron chi connectivity index (χ4n) is 3.26. The van der Waals surface area contributed by atoms with Crippen LogP contribution in [0.15, 0.2) is 93.1 Å². The minimum atomic E-state index is -3.92. The van der Waals surface area contributed by atoms with Crippen LogP contribution in [0.3, 0.4) is 0 Å². The molecular weight excluding hydrogens is 524 g/mol. The van der Waals surface area contributed by atoms with Gasteiger partial charge in [-0.3, -0.25) is 14.9 Å². The first-order valence-electron chi connectivity index (χ1n) is 10.6. The number of carbonyl (C=O) groups excluding carboxylic acids is 1. The SMILES string of the molecule is COc1cc(NC(=O)c2ccc(COc3ccc([N+](=O)[O-])cc3)o2)cc(S(=O)(=O)c2ccc(Cl)cc2)c1. The Kier molecular flexibility index (Phi) is 7.46. The number of nitro benzene ring substituents is 1. The van der Waals surface area contributed by atoms with E-state index in [0.29, 0.717) is 16.5 Å². The van der Waals surface area contributed by atoms with Gasteiger partial charge in [0, 0.05) is 28.9 Å². The maximum atomic E-state index is 13.1. The van der Waals surface area contributed by atoms with Crippen LogP contribution in [0.5, 0.6) is 11.5 Å². The molecule has 4 rings (SSSR count). The minimum absolute atomic E-state index is 0.0201. The number of benzene rings is 3. The molecule has 0 atom stereocenters. The number of carbonyl (C=O) groups is 1. The highest BCUT2D eigenvalue weighted by atomic mass is 35.5. The first-order chi connectivity index (χ1) is 17.7. The first-order valence-corrected chi connectivity index (χ1v) is 12.5. The maximum absolute atomic E-state index is 13.1. The van der Waals surface area contributed by atoms with E-state index >= 15 is 0 Å². The van der Waals surface area contributed by atoms with Gasteiger partial charge in [0.2, 0.25) is 9.84 Å². The van der Waals surface area contributed by atoms with Crippen molar-refractivity contribution < 1.29 is 32.0 Å². The molecule has 10 nitrogen and oxygen atoms in total. The third-order valence-electron chi connectivity index (χ3n) is 5.12. The second-order valence-corrected chi connectivity index (χ2v) is 10.0. The van der Waals surface area contributed by atoms with Crippen LogP contribution < -0.4 is 14.8 Å². The van der Waals surface area contributed by atoms with Crippen LogP contribution in [-0.4, -0.2) is 26.4 Å². The zero-order valence-electron chi connectivity index (χ0n) is 19.2. The van der Waals surface area contributed by atoms with Gasteiger partial charge in [-0.1, -0.05) is 11.6 Å². The fraction of sp³-hybridized carbons (Fsp3) is 0.0800. The Hall–Kier alpha value is -4.35. The highest BCUT2D eigenvalue weighted by Gasteiger charge is 2.21. The zero-order chi connectivity index (χ0) is 26.6. The number of furan rings is 1. The van der Waals surface area contributed by atoms with Gasteiger partial charge in [0.25, 0.3) is 11.6 Å². The standard InChI is InChI=1S/C25H19ClN2O8S/c1-34-21-12-17(13-23(14-21)37(32,33)22-9-2-16(26)3-10-22)27-25(29)24-11-8-20(36-24)15-35-19-6-4-18(5-7-19)28(30)31/h2-14H,15H2,1H3,(H,27,29). The van der Waals surface area contributed by atoms with Crippen molar-refractivity contribution >= 4 is 38.7 Å². The van der Waals surface area contributed by atoms with Crippen LogP contribution in [-0.2, 0) is 16.4 Å². The summed E-state index contributed by atoms with van der Waals surface area (Å²) in [6.45, 7) is -0.0201. The van der Waals surface area contributed by atoms with Gasteiger partial charge in [-0.25, -0.2) is 8.42 Å². The molecular formula is C25H19ClN2O8S. The molecule has 0 aliphatic heterocycles. The maximum Gasteiger partial charge on any atom is 0.291 e. The Balaban J connectivity index is 1.47. The van der Waals surface area contributed by atoms with Gasteiger partial charge in [-0.2, -0.15) is 0 Å². The molecule has 190 valence electrons. The summed E-state index contributed by atoms with van der Waals surface area (Å²) in [6.07, 6.45) is 0. The van der Waals surface area contributed by atoms with E-state index in [1.54, 1.807) is 6.07 Å². The summed E-state index contributed by atoms with van der Waals surface area (Å²) < 4.78 is 42.5. The number of nitro groups is 1. The van der Waals surface area contributed by atoms with Gasteiger partial charge in [0.05, 0.1) is 21.8 Å². The number of anilines is 1. The number of ether oxygens (including phenoxy) is 2. The lowest BCUT2D eigenvalue weighted by Crippen LogP contribution is -2.12. The molecule has 0 fully saturated rings. The molecule has 1 amide bonds. The lowest BCUT2D eigenvalue weighted by atomic mass is 10.3. The first kappa shape index (κ1) is 25.7. The number of nitrogens with zero attached hydrogens (tertiary/aromatic N) is 1. The summed E-state index contributed by atoms with van der Waals surface area (Å²) in [5.41, 5.74) is 0.114. The van der Waals surface area contributed by atoms with E-state index < -0.39 is 20.7 Å². The summed E-state index contributed by atoms with van der Waals surface area (Å²) >= 11 is 5.86.